The molecule has 0 fully saturated rings. The number of carbonyl (C=O) groups is 1. The molecule has 120 valence electrons. The quantitative estimate of drug-likeness (QED) is 0.558. The maximum Gasteiger partial charge on any atom is 0.346 e. The highest BCUT2D eigenvalue weighted by molar-refractivity contribution is 8.13. The summed E-state index contributed by atoms with van der Waals surface area (Å²) in [6.07, 6.45) is 2.04. The Labute approximate surface area is 147 Å². The van der Waals surface area contributed by atoms with Crippen molar-refractivity contribution in [3.63, 3.8) is 0 Å². The molecule has 2 aromatic carbocycles. The molecule has 0 radical (unpaired) electrons. The minimum absolute atomic E-state index is 0.253. The first-order chi connectivity index (χ1) is 11.0. The highest BCUT2D eigenvalue weighted by Crippen LogP contribution is 2.25. The normalized spacial score (nSPS) is 11.4. The molecule has 0 bridgehead atoms. The minimum Gasteiger partial charge on any atom is -0.306 e. The third-order valence-electron chi connectivity index (χ3n) is 2.93. The molecule has 0 atom stereocenters. The molecular weight excluding hydrogens is 358 g/mol. The number of thioether (sulfide) groups is 1. The zero-order valence-electron chi connectivity index (χ0n) is 12.1. The predicted molar refractivity (Wildman–Crippen MR) is 96.5 cm³/mol. The summed E-state index contributed by atoms with van der Waals surface area (Å²) in [5.74, 6) is -0.320. The molecule has 0 aromatic heterocycles. The van der Waals surface area contributed by atoms with Gasteiger partial charge in [-0.05, 0) is 36.1 Å². The van der Waals surface area contributed by atoms with Gasteiger partial charge >= 0.3 is 6.03 Å². The van der Waals surface area contributed by atoms with Crippen LogP contribution in [-0.2, 0) is 6.42 Å². The largest absolute Gasteiger partial charge is 0.346 e. The summed E-state index contributed by atoms with van der Waals surface area (Å²) < 4.78 is 13.7. The lowest BCUT2D eigenvalue weighted by atomic mass is 10.1. The molecule has 0 aliphatic carbocycles. The number of anilines is 1. The van der Waals surface area contributed by atoms with Gasteiger partial charge in [0.15, 0.2) is 0 Å². The lowest BCUT2D eigenvalue weighted by Gasteiger charge is -2.06. The Bertz CT molecular complexity index is 753. The van der Waals surface area contributed by atoms with E-state index in [0.29, 0.717) is 26.3 Å². The number of nitrogens with zero attached hydrogens (tertiary/aromatic N) is 1. The highest BCUT2D eigenvalue weighted by atomic mass is 35.5. The molecule has 0 heterocycles. The van der Waals surface area contributed by atoms with E-state index < -0.39 is 6.03 Å². The molecule has 0 saturated heterocycles. The van der Waals surface area contributed by atoms with Crippen LogP contribution in [0.1, 0.15) is 5.56 Å². The van der Waals surface area contributed by atoms with Gasteiger partial charge in [0.2, 0.25) is 0 Å². The average Bonchev–Trinajstić information content (AvgIpc) is 2.52. The first kappa shape index (κ1) is 17.8. The van der Waals surface area contributed by atoms with E-state index in [2.05, 4.69) is 10.3 Å². The highest BCUT2D eigenvalue weighted by Gasteiger charge is 2.09. The fraction of sp³-hybridized carbons (Fsp3) is 0.125. The van der Waals surface area contributed by atoms with Crippen LogP contribution in [0.25, 0.3) is 0 Å². The third kappa shape index (κ3) is 5.23. The first-order valence-electron chi connectivity index (χ1n) is 6.60. The van der Waals surface area contributed by atoms with E-state index >= 15 is 0 Å². The van der Waals surface area contributed by atoms with Gasteiger partial charge in [0.05, 0.1) is 15.1 Å². The Kier molecular flexibility index (Phi) is 6.45. The molecule has 0 unspecified atom stereocenters. The smallest absolute Gasteiger partial charge is 0.306 e. The lowest BCUT2D eigenvalue weighted by Crippen LogP contribution is -2.10. The second-order valence-electron chi connectivity index (χ2n) is 4.54. The van der Waals surface area contributed by atoms with Crippen LogP contribution in [0, 0.1) is 5.82 Å². The van der Waals surface area contributed by atoms with E-state index in [0.717, 1.165) is 0 Å². The monoisotopic (exact) mass is 370 g/mol. The number of urea groups is 1. The van der Waals surface area contributed by atoms with Crippen LogP contribution in [0.5, 0.6) is 0 Å². The SMILES string of the molecule is CSC(Cc1ccccc1F)=NC(=O)Nc1ccc(Cl)c(Cl)c1. The van der Waals surface area contributed by atoms with Crippen LogP contribution < -0.4 is 5.32 Å². The van der Waals surface area contributed by atoms with Gasteiger partial charge < -0.3 is 5.32 Å². The van der Waals surface area contributed by atoms with Gasteiger partial charge in [-0.15, -0.1) is 11.8 Å². The van der Waals surface area contributed by atoms with Crippen molar-refractivity contribution in [2.75, 3.05) is 11.6 Å². The maximum atomic E-state index is 13.7. The molecule has 7 heteroatoms. The van der Waals surface area contributed by atoms with Crippen LogP contribution in [-0.4, -0.2) is 17.3 Å². The number of carbonyl (C=O) groups excluding carboxylic acids is 1. The van der Waals surface area contributed by atoms with Crippen molar-refractivity contribution in [2.45, 2.75) is 6.42 Å². The van der Waals surface area contributed by atoms with E-state index in [-0.39, 0.29) is 12.2 Å². The number of rotatable bonds is 3. The molecule has 0 aliphatic rings. The molecule has 0 saturated carbocycles. The van der Waals surface area contributed by atoms with Crippen molar-refractivity contribution < 1.29 is 9.18 Å². The van der Waals surface area contributed by atoms with E-state index in [4.69, 9.17) is 23.2 Å². The molecule has 2 aromatic rings. The summed E-state index contributed by atoms with van der Waals surface area (Å²) >= 11 is 13.0. The number of amides is 2. The number of halogens is 3. The number of hydrogen-bond donors (Lipinski definition) is 1. The number of aliphatic imine (C=N–C) groups is 1. The van der Waals surface area contributed by atoms with Gasteiger partial charge in [-0.2, -0.15) is 4.99 Å². The zero-order valence-corrected chi connectivity index (χ0v) is 14.5. The van der Waals surface area contributed by atoms with Crippen LogP contribution in [0.2, 0.25) is 10.0 Å². The fourth-order valence-electron chi connectivity index (χ4n) is 1.80. The number of hydrogen-bond acceptors (Lipinski definition) is 2. The Morgan fingerprint density at radius 1 is 1.22 bits per heavy atom. The second-order valence-corrected chi connectivity index (χ2v) is 6.23. The average molecular weight is 371 g/mol. The van der Waals surface area contributed by atoms with Gasteiger partial charge in [0.25, 0.3) is 0 Å². The molecule has 3 nitrogen and oxygen atoms in total. The van der Waals surface area contributed by atoms with Gasteiger partial charge in [0.1, 0.15) is 5.82 Å². The van der Waals surface area contributed by atoms with Crippen molar-refractivity contribution in [2.24, 2.45) is 4.99 Å². The van der Waals surface area contributed by atoms with Crippen molar-refractivity contribution in [3.05, 3.63) is 63.9 Å². The minimum atomic E-state index is -0.552. The second kappa shape index (κ2) is 8.34. The Morgan fingerprint density at radius 2 is 1.96 bits per heavy atom. The van der Waals surface area contributed by atoms with Crippen LogP contribution in [0.3, 0.4) is 0 Å². The first-order valence-corrected chi connectivity index (χ1v) is 8.58. The number of benzene rings is 2. The summed E-state index contributed by atoms with van der Waals surface area (Å²) in [7, 11) is 0. The Balaban J connectivity index is 2.09. The van der Waals surface area contributed by atoms with Crippen molar-refractivity contribution in [1.29, 1.82) is 0 Å². The number of nitrogens with one attached hydrogen (secondary N) is 1. The van der Waals surface area contributed by atoms with Gasteiger partial charge in [0, 0.05) is 12.1 Å². The summed E-state index contributed by atoms with van der Waals surface area (Å²) in [5, 5.41) is 3.84. The molecule has 0 aliphatic heterocycles. The maximum absolute atomic E-state index is 13.7. The third-order valence-corrected chi connectivity index (χ3v) is 4.38. The lowest BCUT2D eigenvalue weighted by molar-refractivity contribution is 0.259. The fourth-order valence-corrected chi connectivity index (χ4v) is 2.57. The molecular formula is C16H13Cl2FN2OS. The summed E-state index contributed by atoms with van der Waals surface area (Å²) in [5.41, 5.74) is 0.974. The van der Waals surface area contributed by atoms with Crippen molar-refractivity contribution in [1.82, 2.24) is 0 Å². The van der Waals surface area contributed by atoms with Gasteiger partial charge in [-0.1, -0.05) is 41.4 Å². The van der Waals surface area contributed by atoms with E-state index in [9.17, 15) is 9.18 Å². The zero-order chi connectivity index (χ0) is 16.8. The van der Waals surface area contributed by atoms with Crippen LogP contribution in [0.4, 0.5) is 14.9 Å². The molecule has 1 N–H and O–H groups in total. The molecule has 0 spiro atoms. The molecule has 2 rings (SSSR count). The Morgan fingerprint density at radius 3 is 2.61 bits per heavy atom. The predicted octanol–water partition coefficient (Wildman–Crippen LogP) is 5.67. The summed E-state index contributed by atoms with van der Waals surface area (Å²) in [6, 6.07) is 10.6. The van der Waals surface area contributed by atoms with E-state index in [1.807, 2.05) is 0 Å². The summed E-state index contributed by atoms with van der Waals surface area (Å²) in [6.45, 7) is 0. The molecule has 2 amide bonds. The van der Waals surface area contributed by atoms with Crippen molar-refractivity contribution in [3.8, 4) is 0 Å². The van der Waals surface area contributed by atoms with Gasteiger partial charge in [-0.25, -0.2) is 9.18 Å². The summed E-state index contributed by atoms with van der Waals surface area (Å²) in [4.78, 5) is 15.9. The molecule has 23 heavy (non-hydrogen) atoms. The van der Waals surface area contributed by atoms with Crippen LogP contribution in [0.15, 0.2) is 47.5 Å². The topological polar surface area (TPSA) is 41.5 Å². The van der Waals surface area contributed by atoms with Crippen LogP contribution >= 0.6 is 35.0 Å². The van der Waals surface area contributed by atoms with E-state index in [1.54, 1.807) is 36.6 Å². The Hall–Kier alpha value is -1.56. The standard InChI is InChI=1S/C16H13Cl2FN2OS/c1-23-15(8-10-4-2-3-5-14(10)19)21-16(22)20-11-6-7-12(17)13(18)9-11/h2-7,9H,8H2,1H3,(H,20,22). The van der Waals surface area contributed by atoms with E-state index in [1.165, 1.54) is 23.9 Å². The van der Waals surface area contributed by atoms with Crippen molar-refractivity contribution >= 4 is 51.7 Å². The van der Waals surface area contributed by atoms with Gasteiger partial charge in [-0.3, -0.25) is 0 Å².